The Morgan fingerprint density at radius 3 is 2.27 bits per heavy atom. The van der Waals surface area contributed by atoms with E-state index in [2.05, 4.69) is 0 Å². The number of nitriles is 1. The van der Waals surface area contributed by atoms with Crippen LogP contribution in [0, 0.1) is 11.3 Å². The molecular formula is C19H15NO6. The van der Waals surface area contributed by atoms with E-state index in [4.69, 9.17) is 24.6 Å². The van der Waals surface area contributed by atoms with Crippen LogP contribution in [0.2, 0.25) is 0 Å². The van der Waals surface area contributed by atoms with E-state index in [1.54, 1.807) is 30.3 Å². The molecule has 0 aliphatic heterocycles. The van der Waals surface area contributed by atoms with Crippen molar-refractivity contribution < 1.29 is 28.9 Å². The van der Waals surface area contributed by atoms with Crippen LogP contribution in [0.15, 0.2) is 48.0 Å². The van der Waals surface area contributed by atoms with Crippen LogP contribution >= 0.6 is 0 Å². The van der Waals surface area contributed by atoms with Crippen LogP contribution in [0.1, 0.15) is 15.9 Å². The first-order chi connectivity index (χ1) is 12.5. The van der Waals surface area contributed by atoms with E-state index < -0.39 is 17.5 Å². The van der Waals surface area contributed by atoms with Crippen LogP contribution < -0.4 is 14.2 Å². The van der Waals surface area contributed by atoms with E-state index in [-0.39, 0.29) is 11.5 Å². The van der Waals surface area contributed by atoms with Crippen LogP contribution in [0.4, 0.5) is 0 Å². The molecule has 0 heterocycles. The average molecular weight is 353 g/mol. The number of carboxylic acid groups (broad SMARTS) is 1. The molecule has 7 heteroatoms. The van der Waals surface area contributed by atoms with E-state index in [1.807, 2.05) is 0 Å². The van der Waals surface area contributed by atoms with E-state index in [9.17, 15) is 9.59 Å². The molecule has 2 rings (SSSR count). The van der Waals surface area contributed by atoms with E-state index >= 15 is 0 Å². The predicted molar refractivity (Wildman–Crippen MR) is 92.2 cm³/mol. The van der Waals surface area contributed by atoms with Crippen LogP contribution in [-0.4, -0.2) is 31.3 Å². The van der Waals surface area contributed by atoms with Crippen molar-refractivity contribution in [1.29, 1.82) is 5.26 Å². The summed E-state index contributed by atoms with van der Waals surface area (Å²) in [4.78, 5) is 23.1. The highest BCUT2D eigenvalue weighted by Gasteiger charge is 2.14. The van der Waals surface area contributed by atoms with E-state index in [0.29, 0.717) is 16.9 Å². The summed E-state index contributed by atoms with van der Waals surface area (Å²) in [6.45, 7) is 0. The number of carboxylic acids is 1. The molecule has 2 aromatic rings. The second kappa shape index (κ2) is 8.35. The van der Waals surface area contributed by atoms with Gasteiger partial charge in [-0.25, -0.2) is 9.59 Å². The third-order valence-corrected chi connectivity index (χ3v) is 3.38. The maximum absolute atomic E-state index is 12.2. The molecule has 0 aliphatic rings. The summed E-state index contributed by atoms with van der Waals surface area (Å²) in [5.74, 6) is -0.913. The van der Waals surface area contributed by atoms with E-state index in [0.717, 1.165) is 0 Å². The summed E-state index contributed by atoms with van der Waals surface area (Å²) < 4.78 is 15.5. The fourth-order valence-electron chi connectivity index (χ4n) is 2.05. The second-order valence-electron chi connectivity index (χ2n) is 5.00. The first-order valence-electron chi connectivity index (χ1n) is 7.38. The van der Waals surface area contributed by atoms with E-state index in [1.165, 1.54) is 38.5 Å². The first-order valence-corrected chi connectivity index (χ1v) is 7.38. The van der Waals surface area contributed by atoms with Crippen molar-refractivity contribution in [3.05, 3.63) is 59.2 Å². The molecule has 0 unspecified atom stereocenters. The van der Waals surface area contributed by atoms with Crippen LogP contribution in [0.3, 0.4) is 0 Å². The quantitative estimate of drug-likeness (QED) is 0.368. The second-order valence-corrected chi connectivity index (χ2v) is 5.00. The minimum Gasteiger partial charge on any atom is -0.497 e. The zero-order valence-electron chi connectivity index (χ0n) is 14.1. The summed E-state index contributed by atoms with van der Waals surface area (Å²) in [5, 5.41) is 17.7. The van der Waals surface area contributed by atoms with Crippen molar-refractivity contribution in [3.8, 4) is 23.3 Å². The zero-order valence-corrected chi connectivity index (χ0v) is 14.1. The van der Waals surface area contributed by atoms with Gasteiger partial charge >= 0.3 is 11.9 Å². The van der Waals surface area contributed by atoms with Gasteiger partial charge in [0.15, 0.2) is 11.5 Å². The van der Waals surface area contributed by atoms with Crippen molar-refractivity contribution in [2.45, 2.75) is 0 Å². The number of nitrogens with zero attached hydrogens (tertiary/aromatic N) is 1. The Morgan fingerprint density at radius 2 is 1.73 bits per heavy atom. The highest BCUT2D eigenvalue weighted by molar-refractivity contribution is 5.96. The topological polar surface area (TPSA) is 106 Å². The highest BCUT2D eigenvalue weighted by atomic mass is 16.6. The first kappa shape index (κ1) is 18.5. The van der Waals surface area contributed by atoms with Crippen molar-refractivity contribution in [3.63, 3.8) is 0 Å². The monoisotopic (exact) mass is 353 g/mol. The Bertz CT molecular complexity index is 893. The third-order valence-electron chi connectivity index (χ3n) is 3.38. The molecule has 0 spiro atoms. The molecule has 132 valence electrons. The molecule has 0 amide bonds. The number of ether oxygens (including phenoxy) is 3. The van der Waals surface area contributed by atoms with Crippen LogP contribution in [-0.2, 0) is 4.79 Å². The molecule has 0 saturated heterocycles. The third kappa shape index (κ3) is 4.39. The predicted octanol–water partition coefficient (Wildman–Crippen LogP) is 2.91. The number of carbonyl (C=O) groups excluding carboxylic acids is 1. The fraction of sp³-hybridized carbons (Fsp3) is 0.105. The number of aliphatic carboxylic acids is 1. The molecular weight excluding hydrogens is 338 g/mol. The van der Waals surface area contributed by atoms with Crippen LogP contribution in [0.25, 0.3) is 6.08 Å². The van der Waals surface area contributed by atoms with Gasteiger partial charge in [0.25, 0.3) is 0 Å². The minimum atomic E-state index is -1.33. The SMILES string of the molecule is COc1ccc(C(=O)Oc2ccc(/C=C(\C#N)C(=O)O)cc2OC)cc1. The largest absolute Gasteiger partial charge is 0.497 e. The van der Waals surface area contributed by atoms with Crippen LogP contribution in [0.5, 0.6) is 17.2 Å². The van der Waals surface area contributed by atoms with Gasteiger partial charge in [-0.15, -0.1) is 0 Å². The van der Waals surface area contributed by atoms with Crippen molar-refractivity contribution in [2.24, 2.45) is 0 Å². The normalized spacial score (nSPS) is 10.6. The highest BCUT2D eigenvalue weighted by Crippen LogP contribution is 2.30. The summed E-state index contributed by atoms with van der Waals surface area (Å²) in [7, 11) is 2.91. The lowest BCUT2D eigenvalue weighted by molar-refractivity contribution is -0.132. The number of esters is 1. The number of methoxy groups -OCH3 is 2. The van der Waals surface area contributed by atoms with Crippen molar-refractivity contribution in [2.75, 3.05) is 14.2 Å². The van der Waals surface area contributed by atoms with Gasteiger partial charge in [0.1, 0.15) is 17.4 Å². The van der Waals surface area contributed by atoms with Crippen molar-refractivity contribution in [1.82, 2.24) is 0 Å². The molecule has 0 aliphatic carbocycles. The smallest absolute Gasteiger partial charge is 0.346 e. The Morgan fingerprint density at radius 1 is 1.04 bits per heavy atom. The van der Waals surface area contributed by atoms with Gasteiger partial charge in [-0.1, -0.05) is 6.07 Å². The number of carbonyl (C=O) groups is 2. The molecule has 0 bridgehead atoms. The van der Waals surface area contributed by atoms with Gasteiger partial charge in [-0.05, 0) is 48.0 Å². The number of hydrogen-bond donors (Lipinski definition) is 1. The molecule has 2 aromatic carbocycles. The standard InChI is InChI=1S/C19H15NO6/c1-24-15-6-4-13(5-7-15)19(23)26-16-8-3-12(10-17(16)25-2)9-14(11-20)18(21)22/h3-10H,1-2H3,(H,21,22)/b14-9+. The fourth-order valence-corrected chi connectivity index (χ4v) is 2.05. The maximum Gasteiger partial charge on any atom is 0.346 e. The van der Waals surface area contributed by atoms with Gasteiger partial charge < -0.3 is 19.3 Å². The molecule has 0 fully saturated rings. The molecule has 26 heavy (non-hydrogen) atoms. The molecule has 0 radical (unpaired) electrons. The molecule has 0 aromatic heterocycles. The van der Waals surface area contributed by atoms with Gasteiger partial charge in [-0.2, -0.15) is 5.26 Å². The minimum absolute atomic E-state index is 0.166. The lowest BCUT2D eigenvalue weighted by Crippen LogP contribution is -2.09. The molecule has 0 atom stereocenters. The lowest BCUT2D eigenvalue weighted by Gasteiger charge is -2.10. The van der Waals surface area contributed by atoms with Gasteiger partial charge in [-0.3, -0.25) is 0 Å². The summed E-state index contributed by atoms with van der Waals surface area (Å²) in [6.07, 6.45) is 1.19. The number of hydrogen-bond acceptors (Lipinski definition) is 6. The Labute approximate surface area is 149 Å². The van der Waals surface area contributed by atoms with Crippen molar-refractivity contribution >= 4 is 18.0 Å². The summed E-state index contributed by atoms with van der Waals surface area (Å²) in [5.41, 5.74) is 0.328. The Hall–Kier alpha value is -3.79. The molecule has 7 nitrogen and oxygen atoms in total. The van der Waals surface area contributed by atoms with Gasteiger partial charge in [0, 0.05) is 0 Å². The Balaban J connectivity index is 2.25. The summed E-state index contributed by atoms with van der Waals surface area (Å²) >= 11 is 0. The Kier molecular flexibility index (Phi) is 5.96. The number of rotatable bonds is 6. The lowest BCUT2D eigenvalue weighted by atomic mass is 10.1. The summed E-state index contributed by atoms with van der Waals surface area (Å²) in [6, 6.07) is 12.4. The maximum atomic E-state index is 12.2. The average Bonchev–Trinajstić information content (AvgIpc) is 2.66. The van der Waals surface area contributed by atoms with Gasteiger partial charge in [0.2, 0.25) is 0 Å². The molecule has 1 N–H and O–H groups in total. The van der Waals surface area contributed by atoms with Gasteiger partial charge in [0.05, 0.1) is 19.8 Å². The zero-order chi connectivity index (χ0) is 19.1. The molecule has 0 saturated carbocycles. The number of benzene rings is 2.